The lowest BCUT2D eigenvalue weighted by Crippen LogP contribution is -2.52. The molecule has 5 nitrogen and oxygen atoms in total. The maximum atomic E-state index is 12.4. The SMILES string of the molecule is C[C@H]1CNCCN1C(=O)c1cccc(S(C)(=O)=O)c1. The van der Waals surface area contributed by atoms with Gasteiger partial charge in [0.1, 0.15) is 0 Å². The van der Waals surface area contributed by atoms with Gasteiger partial charge in [0.15, 0.2) is 9.84 Å². The van der Waals surface area contributed by atoms with Crippen LogP contribution in [0.2, 0.25) is 0 Å². The smallest absolute Gasteiger partial charge is 0.254 e. The lowest BCUT2D eigenvalue weighted by molar-refractivity contribution is 0.0655. The molecule has 0 aromatic heterocycles. The molecule has 19 heavy (non-hydrogen) atoms. The monoisotopic (exact) mass is 282 g/mol. The van der Waals surface area contributed by atoms with Gasteiger partial charge in [0.05, 0.1) is 4.90 Å². The summed E-state index contributed by atoms with van der Waals surface area (Å²) in [4.78, 5) is 14.3. The summed E-state index contributed by atoms with van der Waals surface area (Å²) in [5.41, 5.74) is 0.427. The Balaban J connectivity index is 2.29. The van der Waals surface area contributed by atoms with E-state index in [1.807, 2.05) is 6.92 Å². The molecule has 1 heterocycles. The Kier molecular flexibility index (Phi) is 3.91. The van der Waals surface area contributed by atoms with Crippen LogP contribution in [0, 0.1) is 0 Å². The van der Waals surface area contributed by atoms with Crippen molar-refractivity contribution in [2.45, 2.75) is 17.9 Å². The molecule has 1 atom stereocenters. The first-order chi connectivity index (χ1) is 8.89. The van der Waals surface area contributed by atoms with Crippen LogP contribution in [-0.2, 0) is 9.84 Å². The number of piperazine rings is 1. The molecule has 0 radical (unpaired) electrons. The van der Waals surface area contributed by atoms with Crippen LogP contribution in [0.25, 0.3) is 0 Å². The molecule has 2 rings (SSSR count). The third kappa shape index (κ3) is 3.13. The fourth-order valence-corrected chi connectivity index (χ4v) is 2.84. The molecule has 1 aliphatic heterocycles. The number of sulfone groups is 1. The highest BCUT2D eigenvalue weighted by atomic mass is 32.2. The molecular weight excluding hydrogens is 264 g/mol. The van der Waals surface area contributed by atoms with Gasteiger partial charge in [-0.15, -0.1) is 0 Å². The minimum atomic E-state index is -3.29. The van der Waals surface area contributed by atoms with E-state index in [0.29, 0.717) is 12.1 Å². The quantitative estimate of drug-likeness (QED) is 0.859. The van der Waals surface area contributed by atoms with Crippen molar-refractivity contribution < 1.29 is 13.2 Å². The van der Waals surface area contributed by atoms with Crippen molar-refractivity contribution in [2.24, 2.45) is 0 Å². The Bertz CT molecular complexity index is 583. The predicted octanol–water partition coefficient (Wildman–Crippen LogP) is 0.524. The first kappa shape index (κ1) is 14.0. The largest absolute Gasteiger partial charge is 0.333 e. The van der Waals surface area contributed by atoms with Crippen LogP contribution >= 0.6 is 0 Å². The van der Waals surface area contributed by atoms with Crippen molar-refractivity contribution in [3.8, 4) is 0 Å². The van der Waals surface area contributed by atoms with Crippen LogP contribution in [0.3, 0.4) is 0 Å². The third-order valence-electron chi connectivity index (χ3n) is 3.27. The molecule has 6 heteroatoms. The Labute approximate surface area is 113 Å². The van der Waals surface area contributed by atoms with E-state index in [-0.39, 0.29) is 16.8 Å². The number of nitrogens with one attached hydrogen (secondary N) is 1. The van der Waals surface area contributed by atoms with Gasteiger partial charge in [0.25, 0.3) is 5.91 Å². The molecule has 0 aliphatic carbocycles. The Morgan fingerprint density at radius 2 is 2.16 bits per heavy atom. The highest BCUT2D eigenvalue weighted by Crippen LogP contribution is 2.15. The molecule has 0 saturated carbocycles. The van der Waals surface area contributed by atoms with Crippen LogP contribution in [0.15, 0.2) is 29.2 Å². The van der Waals surface area contributed by atoms with E-state index in [1.165, 1.54) is 12.1 Å². The minimum Gasteiger partial charge on any atom is -0.333 e. The molecule has 0 bridgehead atoms. The number of benzene rings is 1. The number of hydrogen-bond acceptors (Lipinski definition) is 4. The molecule has 1 fully saturated rings. The van der Waals surface area contributed by atoms with Gasteiger partial charge in [-0.05, 0) is 25.1 Å². The zero-order valence-electron chi connectivity index (χ0n) is 11.1. The third-order valence-corrected chi connectivity index (χ3v) is 4.38. The molecule has 104 valence electrons. The summed E-state index contributed by atoms with van der Waals surface area (Å²) in [5.74, 6) is -0.112. The number of hydrogen-bond donors (Lipinski definition) is 1. The van der Waals surface area contributed by atoms with Gasteiger partial charge in [-0.2, -0.15) is 0 Å². The van der Waals surface area contributed by atoms with Crippen LogP contribution in [-0.4, -0.2) is 51.2 Å². The molecule has 1 aromatic carbocycles. The summed E-state index contributed by atoms with van der Waals surface area (Å²) >= 11 is 0. The summed E-state index contributed by atoms with van der Waals surface area (Å²) in [6.07, 6.45) is 1.14. The summed E-state index contributed by atoms with van der Waals surface area (Å²) in [6, 6.07) is 6.34. The average Bonchev–Trinajstić information content (AvgIpc) is 2.38. The van der Waals surface area contributed by atoms with Crippen molar-refractivity contribution in [3.63, 3.8) is 0 Å². The van der Waals surface area contributed by atoms with E-state index >= 15 is 0 Å². The van der Waals surface area contributed by atoms with E-state index in [0.717, 1.165) is 19.3 Å². The normalized spacial score (nSPS) is 20.3. The highest BCUT2D eigenvalue weighted by molar-refractivity contribution is 7.90. The van der Waals surface area contributed by atoms with E-state index in [1.54, 1.807) is 17.0 Å². The van der Waals surface area contributed by atoms with E-state index < -0.39 is 9.84 Å². The maximum Gasteiger partial charge on any atom is 0.254 e. The summed E-state index contributed by atoms with van der Waals surface area (Å²) in [6.45, 7) is 4.15. The maximum absolute atomic E-state index is 12.4. The number of nitrogens with zero attached hydrogens (tertiary/aromatic N) is 1. The van der Waals surface area contributed by atoms with Crippen LogP contribution in [0.1, 0.15) is 17.3 Å². The van der Waals surface area contributed by atoms with Crippen LogP contribution in [0.4, 0.5) is 0 Å². The number of rotatable bonds is 2. The second-order valence-corrected chi connectivity index (χ2v) is 6.87. The standard InChI is InChI=1S/C13H18N2O3S/c1-10-9-14-6-7-15(10)13(16)11-4-3-5-12(8-11)19(2,17)18/h3-5,8,10,14H,6-7,9H2,1-2H3/t10-/m0/s1. The van der Waals surface area contributed by atoms with Gasteiger partial charge < -0.3 is 10.2 Å². The van der Waals surface area contributed by atoms with Crippen molar-refractivity contribution in [1.82, 2.24) is 10.2 Å². The van der Waals surface area contributed by atoms with Crippen LogP contribution < -0.4 is 5.32 Å². The molecule has 1 aromatic rings. The molecule has 1 N–H and O–H groups in total. The van der Waals surface area contributed by atoms with Gasteiger partial charge >= 0.3 is 0 Å². The first-order valence-corrected chi connectivity index (χ1v) is 8.10. The van der Waals surface area contributed by atoms with Crippen molar-refractivity contribution in [1.29, 1.82) is 0 Å². The number of amides is 1. The topological polar surface area (TPSA) is 66.5 Å². The zero-order chi connectivity index (χ0) is 14.0. The first-order valence-electron chi connectivity index (χ1n) is 6.21. The van der Waals surface area contributed by atoms with Gasteiger partial charge in [-0.25, -0.2) is 8.42 Å². The Morgan fingerprint density at radius 1 is 1.42 bits per heavy atom. The van der Waals surface area contributed by atoms with Crippen LogP contribution in [0.5, 0.6) is 0 Å². The van der Waals surface area contributed by atoms with Gasteiger partial charge in [-0.1, -0.05) is 6.07 Å². The van der Waals surface area contributed by atoms with Gasteiger partial charge in [0.2, 0.25) is 0 Å². The molecule has 0 spiro atoms. The molecule has 1 amide bonds. The van der Waals surface area contributed by atoms with Crippen molar-refractivity contribution in [2.75, 3.05) is 25.9 Å². The fourth-order valence-electron chi connectivity index (χ4n) is 2.17. The van der Waals surface area contributed by atoms with E-state index in [9.17, 15) is 13.2 Å². The van der Waals surface area contributed by atoms with Crippen molar-refractivity contribution in [3.05, 3.63) is 29.8 Å². The summed E-state index contributed by atoms with van der Waals surface area (Å²) in [7, 11) is -3.29. The predicted molar refractivity (Wildman–Crippen MR) is 72.9 cm³/mol. The second-order valence-electron chi connectivity index (χ2n) is 4.85. The molecule has 1 saturated heterocycles. The van der Waals surface area contributed by atoms with E-state index in [2.05, 4.69) is 5.32 Å². The summed E-state index contributed by atoms with van der Waals surface area (Å²) < 4.78 is 23.0. The minimum absolute atomic E-state index is 0.112. The van der Waals surface area contributed by atoms with Gasteiger partial charge in [-0.3, -0.25) is 4.79 Å². The van der Waals surface area contributed by atoms with Crippen molar-refractivity contribution >= 4 is 15.7 Å². The summed E-state index contributed by atoms with van der Waals surface area (Å²) in [5, 5.41) is 3.22. The molecule has 1 aliphatic rings. The van der Waals surface area contributed by atoms with E-state index in [4.69, 9.17) is 0 Å². The van der Waals surface area contributed by atoms with Gasteiger partial charge in [0, 0.05) is 37.5 Å². The number of carbonyl (C=O) groups excluding carboxylic acids is 1. The molecular formula is C13H18N2O3S. The Morgan fingerprint density at radius 3 is 2.79 bits per heavy atom. The average molecular weight is 282 g/mol. The molecule has 0 unspecified atom stereocenters. The highest BCUT2D eigenvalue weighted by Gasteiger charge is 2.24. The lowest BCUT2D eigenvalue weighted by atomic mass is 10.1. The number of carbonyl (C=O) groups is 1. The second kappa shape index (κ2) is 5.30. The zero-order valence-corrected chi connectivity index (χ0v) is 11.9. The fraction of sp³-hybridized carbons (Fsp3) is 0.462. The Hall–Kier alpha value is -1.40. The lowest BCUT2D eigenvalue weighted by Gasteiger charge is -2.34.